The van der Waals surface area contributed by atoms with E-state index >= 15 is 0 Å². The van der Waals surface area contributed by atoms with Crippen molar-refractivity contribution in [3.05, 3.63) is 28.5 Å². The molecular weight excluding hydrogens is 341 g/mol. The summed E-state index contributed by atoms with van der Waals surface area (Å²) in [6.45, 7) is 0. The number of carboxylic acid groups (broad SMARTS) is 1. The molecule has 0 spiro atoms. The molecule has 21 heavy (non-hydrogen) atoms. The molecule has 1 fully saturated rings. The van der Waals surface area contributed by atoms with E-state index in [0.717, 1.165) is 23.6 Å². The number of hydrogen-bond donors (Lipinski definition) is 2. The molecule has 2 rings (SSSR count). The van der Waals surface area contributed by atoms with E-state index in [-0.39, 0.29) is 11.1 Å². The molecule has 0 aliphatic carbocycles. The van der Waals surface area contributed by atoms with Gasteiger partial charge in [0.15, 0.2) is 5.82 Å². The number of hydrogen-bond acceptors (Lipinski definition) is 4. The van der Waals surface area contributed by atoms with E-state index in [2.05, 4.69) is 4.72 Å². The number of carboxylic acids is 1. The minimum absolute atomic E-state index is 0.145. The Morgan fingerprint density at radius 3 is 2.57 bits per heavy atom. The number of benzene rings is 1. The zero-order valence-electron chi connectivity index (χ0n) is 10.8. The molecule has 1 aliphatic heterocycles. The van der Waals surface area contributed by atoms with Crippen molar-refractivity contribution in [1.82, 2.24) is 4.72 Å². The normalized spacial score (nSPS) is 16.9. The van der Waals surface area contributed by atoms with E-state index in [9.17, 15) is 17.6 Å². The van der Waals surface area contributed by atoms with Gasteiger partial charge in [0.1, 0.15) is 4.90 Å². The van der Waals surface area contributed by atoms with Crippen LogP contribution in [0.4, 0.5) is 4.39 Å². The molecular formula is C12H13ClFNO4S2. The molecule has 2 N–H and O–H groups in total. The number of nitrogens with one attached hydrogen (secondary N) is 1. The minimum atomic E-state index is -4.15. The lowest BCUT2D eigenvalue weighted by Gasteiger charge is -2.22. The topological polar surface area (TPSA) is 83.5 Å². The smallest absolute Gasteiger partial charge is 0.338 e. The van der Waals surface area contributed by atoms with Gasteiger partial charge in [-0.1, -0.05) is 11.6 Å². The van der Waals surface area contributed by atoms with Gasteiger partial charge in [0.25, 0.3) is 0 Å². The molecule has 0 bridgehead atoms. The Balaban J connectivity index is 2.37. The van der Waals surface area contributed by atoms with E-state index < -0.39 is 32.3 Å². The molecule has 1 aromatic carbocycles. The van der Waals surface area contributed by atoms with Gasteiger partial charge in [-0.25, -0.2) is 22.3 Å². The van der Waals surface area contributed by atoms with Gasteiger partial charge < -0.3 is 5.11 Å². The van der Waals surface area contributed by atoms with Gasteiger partial charge in [-0.2, -0.15) is 11.8 Å². The fourth-order valence-corrected chi connectivity index (χ4v) is 4.83. The molecule has 0 atom stereocenters. The highest BCUT2D eigenvalue weighted by Crippen LogP contribution is 2.25. The van der Waals surface area contributed by atoms with Crippen molar-refractivity contribution in [3.8, 4) is 0 Å². The van der Waals surface area contributed by atoms with Gasteiger partial charge in [0.2, 0.25) is 10.0 Å². The average Bonchev–Trinajstić information content (AvgIpc) is 2.41. The molecule has 1 heterocycles. The summed E-state index contributed by atoms with van der Waals surface area (Å²) in [6, 6.07) is 1.53. The number of aromatic carboxylic acids is 1. The molecule has 1 aliphatic rings. The van der Waals surface area contributed by atoms with Crippen molar-refractivity contribution in [1.29, 1.82) is 0 Å². The highest BCUT2D eigenvalue weighted by atomic mass is 35.5. The Labute approximate surface area is 130 Å². The van der Waals surface area contributed by atoms with E-state index in [0.29, 0.717) is 12.8 Å². The minimum Gasteiger partial charge on any atom is -0.478 e. The zero-order valence-corrected chi connectivity index (χ0v) is 13.2. The van der Waals surface area contributed by atoms with Crippen molar-refractivity contribution in [2.75, 3.05) is 11.5 Å². The molecule has 1 saturated heterocycles. The number of rotatable bonds is 4. The molecule has 0 radical (unpaired) electrons. The van der Waals surface area contributed by atoms with Crippen LogP contribution in [0.3, 0.4) is 0 Å². The van der Waals surface area contributed by atoms with Gasteiger partial charge in [-0.05, 0) is 36.5 Å². The van der Waals surface area contributed by atoms with Crippen LogP contribution in [0.1, 0.15) is 23.2 Å². The molecule has 0 saturated carbocycles. The summed E-state index contributed by atoms with van der Waals surface area (Å²) in [5, 5.41) is 8.74. The maximum atomic E-state index is 14.1. The van der Waals surface area contributed by atoms with Crippen molar-refractivity contribution < 1.29 is 22.7 Å². The summed E-state index contributed by atoms with van der Waals surface area (Å²) in [5.74, 6) is -1.22. The first-order valence-electron chi connectivity index (χ1n) is 6.13. The molecule has 0 amide bonds. The maximum Gasteiger partial charge on any atom is 0.338 e. The predicted molar refractivity (Wildman–Crippen MR) is 79.0 cm³/mol. The Morgan fingerprint density at radius 1 is 1.38 bits per heavy atom. The quantitative estimate of drug-likeness (QED) is 0.868. The van der Waals surface area contributed by atoms with Crippen molar-refractivity contribution in [3.63, 3.8) is 0 Å². The molecule has 0 aromatic heterocycles. The van der Waals surface area contributed by atoms with E-state index in [1.54, 1.807) is 11.8 Å². The third-order valence-corrected chi connectivity index (χ3v) is 5.85. The van der Waals surface area contributed by atoms with Gasteiger partial charge in [0, 0.05) is 11.1 Å². The Bertz CT molecular complexity index is 659. The van der Waals surface area contributed by atoms with Crippen LogP contribution in [-0.4, -0.2) is 37.0 Å². The van der Waals surface area contributed by atoms with E-state index in [4.69, 9.17) is 16.7 Å². The van der Waals surface area contributed by atoms with Crippen LogP contribution in [0.25, 0.3) is 0 Å². The number of halogens is 2. The Kier molecular flexibility index (Phi) is 5.13. The summed E-state index contributed by atoms with van der Waals surface area (Å²) in [6.07, 6.45) is 1.30. The van der Waals surface area contributed by atoms with Crippen LogP contribution < -0.4 is 4.72 Å². The van der Waals surface area contributed by atoms with Gasteiger partial charge in [-0.3, -0.25) is 0 Å². The standard InChI is InChI=1S/C12H13ClFNO4S2/c13-7-5-9(12(16)17)11(14)10(6-7)21(18,19)15-8-1-3-20-4-2-8/h5-6,8,15H,1-4H2,(H,16,17). The van der Waals surface area contributed by atoms with Crippen molar-refractivity contribution in [2.45, 2.75) is 23.8 Å². The van der Waals surface area contributed by atoms with Crippen LogP contribution in [-0.2, 0) is 10.0 Å². The van der Waals surface area contributed by atoms with Crippen molar-refractivity contribution in [2.24, 2.45) is 0 Å². The van der Waals surface area contributed by atoms with Crippen LogP contribution in [0.5, 0.6) is 0 Å². The van der Waals surface area contributed by atoms with E-state index in [1.165, 1.54) is 0 Å². The molecule has 9 heteroatoms. The molecule has 5 nitrogen and oxygen atoms in total. The van der Waals surface area contributed by atoms with Gasteiger partial charge >= 0.3 is 5.97 Å². The fourth-order valence-electron chi connectivity index (χ4n) is 2.01. The predicted octanol–water partition coefficient (Wildman–Crippen LogP) is 2.35. The molecule has 116 valence electrons. The van der Waals surface area contributed by atoms with Crippen LogP contribution in [0.2, 0.25) is 5.02 Å². The largest absolute Gasteiger partial charge is 0.478 e. The highest BCUT2D eigenvalue weighted by molar-refractivity contribution is 7.99. The summed E-state index contributed by atoms with van der Waals surface area (Å²) < 4.78 is 41.0. The first-order chi connectivity index (χ1) is 9.81. The number of sulfonamides is 1. The number of thioether (sulfide) groups is 1. The zero-order chi connectivity index (χ0) is 15.6. The second-order valence-electron chi connectivity index (χ2n) is 4.58. The van der Waals surface area contributed by atoms with Crippen LogP contribution in [0, 0.1) is 5.82 Å². The monoisotopic (exact) mass is 353 g/mol. The summed E-state index contributed by atoms with van der Waals surface area (Å²) in [5.41, 5.74) is -0.762. The van der Waals surface area contributed by atoms with Crippen LogP contribution >= 0.6 is 23.4 Å². The van der Waals surface area contributed by atoms with Crippen LogP contribution in [0.15, 0.2) is 17.0 Å². The molecule has 1 aromatic rings. The maximum absolute atomic E-state index is 14.1. The Hall–Kier alpha value is -0.830. The first-order valence-corrected chi connectivity index (χ1v) is 9.15. The summed E-state index contributed by atoms with van der Waals surface area (Å²) in [7, 11) is -4.15. The second-order valence-corrected chi connectivity index (χ2v) is 7.92. The van der Waals surface area contributed by atoms with E-state index in [1.807, 2.05) is 0 Å². The summed E-state index contributed by atoms with van der Waals surface area (Å²) >= 11 is 7.41. The first kappa shape index (κ1) is 16.5. The third kappa shape index (κ3) is 3.88. The lowest BCUT2D eigenvalue weighted by Crippen LogP contribution is -2.37. The third-order valence-electron chi connectivity index (χ3n) is 3.07. The lowest BCUT2D eigenvalue weighted by atomic mass is 10.2. The lowest BCUT2D eigenvalue weighted by molar-refractivity contribution is 0.0691. The average molecular weight is 354 g/mol. The number of carbonyl (C=O) groups is 1. The highest BCUT2D eigenvalue weighted by Gasteiger charge is 2.28. The molecule has 0 unspecified atom stereocenters. The van der Waals surface area contributed by atoms with Gasteiger partial charge in [0.05, 0.1) is 5.56 Å². The fraction of sp³-hybridized carbons (Fsp3) is 0.417. The Morgan fingerprint density at radius 2 is 2.00 bits per heavy atom. The SMILES string of the molecule is O=C(O)c1cc(Cl)cc(S(=O)(=O)NC2CCSCC2)c1F. The summed E-state index contributed by atoms with van der Waals surface area (Å²) in [4.78, 5) is 10.2. The van der Waals surface area contributed by atoms with Crippen molar-refractivity contribution >= 4 is 39.4 Å². The second kappa shape index (κ2) is 6.51. The van der Waals surface area contributed by atoms with Gasteiger partial charge in [-0.15, -0.1) is 0 Å².